The Hall–Kier alpha value is -4.05. The van der Waals surface area contributed by atoms with Crippen LogP contribution in [0.4, 0.5) is 0 Å². The van der Waals surface area contributed by atoms with Crippen LogP contribution in [0.3, 0.4) is 0 Å². The van der Waals surface area contributed by atoms with Crippen molar-refractivity contribution in [2.45, 2.75) is 38.1 Å². The summed E-state index contributed by atoms with van der Waals surface area (Å²) in [5.41, 5.74) is 3.09. The number of benzene rings is 2. The van der Waals surface area contributed by atoms with Crippen LogP contribution in [0, 0.1) is 11.3 Å². The Morgan fingerprint density at radius 1 is 1.06 bits per heavy atom. The molecule has 1 amide bonds. The average molecular weight is 455 g/mol. The molecule has 2 aromatic carbocycles. The van der Waals surface area contributed by atoms with Gasteiger partial charge in [-0.3, -0.25) is 4.79 Å². The van der Waals surface area contributed by atoms with Crippen LogP contribution in [0.15, 0.2) is 60.3 Å². The third-order valence-electron chi connectivity index (χ3n) is 6.18. The van der Waals surface area contributed by atoms with Crippen molar-refractivity contribution in [2.75, 3.05) is 13.2 Å². The molecule has 7 heteroatoms. The summed E-state index contributed by atoms with van der Waals surface area (Å²) in [6.07, 6.45) is 8.79. The Kier molecular flexibility index (Phi) is 6.30. The Bertz CT molecular complexity index is 1250. The minimum Gasteiger partial charge on any atom is -0.486 e. The van der Waals surface area contributed by atoms with Gasteiger partial charge in [-0.2, -0.15) is 10.4 Å². The van der Waals surface area contributed by atoms with E-state index < -0.39 is 0 Å². The van der Waals surface area contributed by atoms with Crippen LogP contribution in [0.2, 0.25) is 0 Å². The summed E-state index contributed by atoms with van der Waals surface area (Å²) in [5, 5.41) is 17.6. The van der Waals surface area contributed by atoms with Crippen LogP contribution in [0.1, 0.15) is 37.7 Å². The standard InChI is InChI=1S/C27H26N4O3/c28-17-20(27(32)29-22-7-3-1-4-8-22)15-21-18-31(23-9-5-2-6-10-23)30-26(21)19-11-12-24-25(16-19)34-14-13-33-24/h2,5-6,9-12,15-16,18,22H,1,3-4,7-8,13-14H2,(H,29,32)/b20-15+. The summed E-state index contributed by atoms with van der Waals surface area (Å²) < 4.78 is 13.2. The Morgan fingerprint density at radius 2 is 1.82 bits per heavy atom. The van der Waals surface area contributed by atoms with E-state index in [-0.39, 0.29) is 17.5 Å². The van der Waals surface area contributed by atoms with Crippen molar-refractivity contribution >= 4 is 12.0 Å². The molecule has 0 unspecified atom stereocenters. The summed E-state index contributed by atoms with van der Waals surface area (Å²) in [4.78, 5) is 12.9. The lowest BCUT2D eigenvalue weighted by atomic mass is 9.95. The van der Waals surface area contributed by atoms with Crippen molar-refractivity contribution in [1.29, 1.82) is 5.26 Å². The van der Waals surface area contributed by atoms with E-state index in [1.54, 1.807) is 10.8 Å². The second-order valence-electron chi connectivity index (χ2n) is 8.55. The molecule has 1 aliphatic heterocycles. The minimum atomic E-state index is -0.338. The van der Waals surface area contributed by atoms with Gasteiger partial charge in [0, 0.05) is 23.4 Å². The first-order chi connectivity index (χ1) is 16.7. The zero-order valence-electron chi connectivity index (χ0n) is 18.9. The number of aromatic nitrogens is 2. The van der Waals surface area contributed by atoms with Gasteiger partial charge in [0.05, 0.1) is 5.69 Å². The van der Waals surface area contributed by atoms with Crippen molar-refractivity contribution < 1.29 is 14.3 Å². The number of carbonyl (C=O) groups excluding carboxylic acids is 1. The summed E-state index contributed by atoms with van der Waals surface area (Å²) >= 11 is 0. The molecule has 1 fully saturated rings. The van der Waals surface area contributed by atoms with Gasteiger partial charge in [0.1, 0.15) is 30.6 Å². The number of rotatable bonds is 5. The molecule has 0 spiro atoms. The summed E-state index contributed by atoms with van der Waals surface area (Å²) in [5.74, 6) is 1.01. The molecular weight excluding hydrogens is 428 g/mol. The number of nitrogens with one attached hydrogen (secondary N) is 1. The molecule has 1 aromatic heterocycles. The normalized spacial score (nSPS) is 16.0. The fourth-order valence-corrected chi connectivity index (χ4v) is 4.44. The molecule has 0 bridgehead atoms. The molecule has 0 radical (unpaired) electrons. The van der Waals surface area contributed by atoms with Crippen molar-refractivity contribution in [3.8, 4) is 34.5 Å². The van der Waals surface area contributed by atoms with E-state index in [0.29, 0.717) is 36.0 Å². The fourth-order valence-electron chi connectivity index (χ4n) is 4.44. The molecule has 1 saturated carbocycles. The molecule has 5 rings (SSSR count). The molecule has 34 heavy (non-hydrogen) atoms. The van der Waals surface area contributed by atoms with Gasteiger partial charge in [-0.1, -0.05) is 37.5 Å². The predicted molar refractivity (Wildman–Crippen MR) is 129 cm³/mol. The maximum absolute atomic E-state index is 12.9. The van der Waals surface area contributed by atoms with Crippen molar-refractivity contribution in [1.82, 2.24) is 15.1 Å². The second-order valence-corrected chi connectivity index (χ2v) is 8.55. The highest BCUT2D eigenvalue weighted by atomic mass is 16.6. The van der Waals surface area contributed by atoms with Gasteiger partial charge in [-0.15, -0.1) is 0 Å². The van der Waals surface area contributed by atoms with E-state index in [0.717, 1.165) is 36.9 Å². The lowest BCUT2D eigenvalue weighted by Gasteiger charge is -2.22. The number of hydrogen-bond donors (Lipinski definition) is 1. The first-order valence-corrected chi connectivity index (χ1v) is 11.7. The predicted octanol–water partition coefficient (Wildman–Crippen LogP) is 4.67. The Labute approximate surface area is 198 Å². The van der Waals surface area contributed by atoms with E-state index in [4.69, 9.17) is 14.6 Å². The highest BCUT2D eigenvalue weighted by molar-refractivity contribution is 6.02. The van der Waals surface area contributed by atoms with E-state index in [1.165, 1.54) is 6.42 Å². The van der Waals surface area contributed by atoms with Gasteiger partial charge in [0.15, 0.2) is 11.5 Å². The topological polar surface area (TPSA) is 89.2 Å². The molecule has 2 aliphatic rings. The Morgan fingerprint density at radius 3 is 2.59 bits per heavy atom. The molecule has 7 nitrogen and oxygen atoms in total. The molecule has 1 N–H and O–H groups in total. The summed E-state index contributed by atoms with van der Waals surface area (Å²) in [6, 6.07) is 17.6. The van der Waals surface area contributed by atoms with Gasteiger partial charge >= 0.3 is 0 Å². The number of fused-ring (bicyclic) bond motifs is 1. The van der Waals surface area contributed by atoms with E-state index in [9.17, 15) is 10.1 Å². The smallest absolute Gasteiger partial charge is 0.262 e. The maximum atomic E-state index is 12.9. The molecule has 3 aromatic rings. The quantitative estimate of drug-likeness (QED) is 0.447. The van der Waals surface area contributed by atoms with Gasteiger partial charge < -0.3 is 14.8 Å². The van der Waals surface area contributed by atoms with Crippen molar-refractivity contribution in [3.63, 3.8) is 0 Å². The van der Waals surface area contributed by atoms with Crippen LogP contribution in [-0.4, -0.2) is 34.9 Å². The highest BCUT2D eigenvalue weighted by Crippen LogP contribution is 2.36. The second kappa shape index (κ2) is 9.84. The van der Waals surface area contributed by atoms with Crippen molar-refractivity contribution in [2.24, 2.45) is 0 Å². The van der Waals surface area contributed by atoms with Gasteiger partial charge in [0.2, 0.25) is 0 Å². The first kappa shape index (κ1) is 21.8. The zero-order valence-corrected chi connectivity index (χ0v) is 18.9. The third-order valence-corrected chi connectivity index (χ3v) is 6.18. The van der Waals surface area contributed by atoms with E-state index >= 15 is 0 Å². The lowest BCUT2D eigenvalue weighted by molar-refractivity contribution is -0.117. The number of ether oxygens (including phenoxy) is 2. The van der Waals surface area contributed by atoms with Crippen LogP contribution in [0.25, 0.3) is 23.0 Å². The summed E-state index contributed by atoms with van der Waals surface area (Å²) in [7, 11) is 0. The van der Waals surface area contributed by atoms with E-state index in [1.807, 2.05) is 54.7 Å². The monoisotopic (exact) mass is 454 g/mol. The van der Waals surface area contributed by atoms with Crippen LogP contribution < -0.4 is 14.8 Å². The largest absolute Gasteiger partial charge is 0.486 e. The first-order valence-electron chi connectivity index (χ1n) is 11.7. The third kappa shape index (κ3) is 4.67. The average Bonchev–Trinajstić information content (AvgIpc) is 3.32. The number of para-hydroxylation sites is 1. The fraction of sp³-hybridized carbons (Fsp3) is 0.296. The van der Waals surface area contributed by atoms with Crippen LogP contribution in [-0.2, 0) is 4.79 Å². The molecule has 0 atom stereocenters. The minimum absolute atomic E-state index is 0.0666. The lowest BCUT2D eigenvalue weighted by Crippen LogP contribution is -2.36. The molecule has 1 aliphatic carbocycles. The summed E-state index contributed by atoms with van der Waals surface area (Å²) in [6.45, 7) is 1.01. The SMILES string of the molecule is N#C/C(=C\c1cn(-c2ccccc2)nc1-c1ccc2c(c1)OCCO2)C(=O)NC1CCCCC1. The van der Waals surface area contributed by atoms with Crippen LogP contribution >= 0.6 is 0 Å². The molecular formula is C27H26N4O3. The number of amides is 1. The number of nitriles is 1. The maximum Gasteiger partial charge on any atom is 0.262 e. The molecule has 172 valence electrons. The highest BCUT2D eigenvalue weighted by Gasteiger charge is 2.21. The molecule has 2 heterocycles. The molecule has 0 saturated heterocycles. The zero-order chi connectivity index (χ0) is 23.3. The number of nitrogens with zero attached hydrogens (tertiary/aromatic N) is 3. The van der Waals surface area contributed by atoms with E-state index in [2.05, 4.69) is 11.4 Å². The number of carbonyl (C=O) groups is 1. The van der Waals surface area contributed by atoms with Gasteiger partial charge in [-0.05, 0) is 49.2 Å². The van der Waals surface area contributed by atoms with Crippen molar-refractivity contribution in [3.05, 3.63) is 65.9 Å². The van der Waals surface area contributed by atoms with Crippen LogP contribution in [0.5, 0.6) is 11.5 Å². The van der Waals surface area contributed by atoms with Gasteiger partial charge in [-0.25, -0.2) is 4.68 Å². The number of hydrogen-bond acceptors (Lipinski definition) is 5. The van der Waals surface area contributed by atoms with Gasteiger partial charge in [0.25, 0.3) is 5.91 Å². The Balaban J connectivity index is 1.53.